The number of Topliss-reactive ketones (excluding diaryl/α,β-unsaturated/α-hetero) is 2. The van der Waals surface area contributed by atoms with E-state index in [-0.39, 0.29) is 59.3 Å². The third-order valence-electron chi connectivity index (χ3n) is 14.4. The monoisotopic (exact) mass is 754 g/mol. The Balaban J connectivity index is 1.04. The lowest BCUT2D eigenvalue weighted by molar-refractivity contribution is -0.313. The molecule has 0 aromatic carbocycles. The fourth-order valence-electron chi connectivity index (χ4n) is 11.1. The minimum Gasteiger partial charge on any atom is -0.394 e. The number of hydrogen-bond acceptors (Lipinski definition) is 14. The van der Waals surface area contributed by atoms with E-state index < -0.39 is 80.5 Å². The van der Waals surface area contributed by atoms with Gasteiger partial charge in [0.25, 0.3) is 0 Å². The van der Waals surface area contributed by atoms with Gasteiger partial charge in [-0.3, -0.25) is 9.59 Å². The van der Waals surface area contributed by atoms with E-state index in [0.29, 0.717) is 37.5 Å². The van der Waals surface area contributed by atoms with Crippen LogP contribution in [0.5, 0.6) is 0 Å². The number of aliphatic hydroxyl groups is 8. The van der Waals surface area contributed by atoms with Crippen molar-refractivity contribution >= 4 is 11.6 Å². The molecule has 8 N–H and O–H groups in total. The molecule has 14 nitrogen and oxygen atoms in total. The average Bonchev–Trinajstić information content (AvgIpc) is 3.42. The first kappa shape index (κ1) is 41.2. The molecule has 5 fully saturated rings. The molecule has 0 spiro atoms. The van der Waals surface area contributed by atoms with Crippen molar-refractivity contribution in [2.45, 2.75) is 153 Å². The maximum atomic E-state index is 13.8. The lowest BCUT2D eigenvalue weighted by Gasteiger charge is -2.58. The van der Waals surface area contributed by atoms with Crippen LogP contribution < -0.4 is 0 Å². The molecule has 2 aliphatic heterocycles. The summed E-state index contributed by atoms with van der Waals surface area (Å²) in [7, 11) is 0. The first-order chi connectivity index (χ1) is 25.0. The van der Waals surface area contributed by atoms with E-state index in [9.17, 15) is 50.4 Å². The zero-order chi connectivity index (χ0) is 38.6. The van der Waals surface area contributed by atoms with Crippen LogP contribution in [0.4, 0.5) is 0 Å². The Bertz CT molecular complexity index is 1340. The summed E-state index contributed by atoms with van der Waals surface area (Å²) in [6.07, 6.45) is -5.11. The molecule has 0 radical (unpaired) electrons. The fourth-order valence-corrected chi connectivity index (χ4v) is 11.1. The molecule has 53 heavy (non-hydrogen) atoms. The highest BCUT2D eigenvalue weighted by Gasteiger charge is 2.62. The maximum absolute atomic E-state index is 13.8. The first-order valence-corrected chi connectivity index (χ1v) is 19.7. The minimum absolute atomic E-state index is 0.0440. The molecule has 0 bridgehead atoms. The lowest BCUT2D eigenvalue weighted by atomic mass is 9.47. The summed E-state index contributed by atoms with van der Waals surface area (Å²) in [6.45, 7) is 7.42. The summed E-state index contributed by atoms with van der Waals surface area (Å²) in [6, 6.07) is 0. The van der Waals surface area contributed by atoms with Gasteiger partial charge in [0, 0.05) is 24.7 Å². The van der Waals surface area contributed by atoms with Crippen molar-refractivity contribution in [1.82, 2.24) is 0 Å². The second-order valence-corrected chi connectivity index (χ2v) is 17.6. The Labute approximate surface area is 311 Å². The molecule has 2 heterocycles. The average molecular weight is 755 g/mol. The fraction of sp³-hybridized carbons (Fsp3) is 0.897. The summed E-state index contributed by atoms with van der Waals surface area (Å²) >= 11 is 0. The summed E-state index contributed by atoms with van der Waals surface area (Å²) in [5, 5.41) is 80.2. The second-order valence-electron chi connectivity index (χ2n) is 17.6. The van der Waals surface area contributed by atoms with Crippen molar-refractivity contribution in [2.24, 2.45) is 46.3 Å². The molecule has 6 rings (SSSR count). The van der Waals surface area contributed by atoms with Crippen LogP contribution in [0.2, 0.25) is 0 Å². The molecule has 0 aromatic heterocycles. The number of fused-ring (bicyclic) bond motifs is 5. The highest BCUT2D eigenvalue weighted by Crippen LogP contribution is 2.66. The smallest absolute Gasteiger partial charge is 0.186 e. The van der Waals surface area contributed by atoms with Crippen molar-refractivity contribution in [3.8, 4) is 0 Å². The Morgan fingerprint density at radius 2 is 1.47 bits per heavy atom. The van der Waals surface area contributed by atoms with Crippen LogP contribution in [0.1, 0.15) is 85.5 Å². The summed E-state index contributed by atoms with van der Waals surface area (Å²) in [5.41, 5.74) is 0.948. The Hall–Kier alpha value is -1.40. The van der Waals surface area contributed by atoms with Crippen molar-refractivity contribution in [1.29, 1.82) is 0 Å². The van der Waals surface area contributed by atoms with Gasteiger partial charge in [0.05, 0.1) is 25.9 Å². The molecule has 2 saturated heterocycles. The van der Waals surface area contributed by atoms with Crippen molar-refractivity contribution in [2.75, 3.05) is 19.8 Å². The van der Waals surface area contributed by atoms with Gasteiger partial charge in [-0.25, -0.2) is 0 Å². The standard InChI is InChI=1S/C39H62O14/c1-18(17-50-36-34(48)32(46)30(44)27(15-40)52-36)5-8-25(42)19(2)29-26(43)14-24-22-7-6-20-13-21(9-11-38(20,3)23(22)10-12-39(24,29)4)51-37-35(49)33(47)31(45)28(16-41)53-37/h6,18-19,21-24,27-37,40-41,44-49H,5,7-17H2,1-4H3/t18-,19-,21+,22-,23+,24+,27-,28-,29+,30-,31-,32+,33+,34-,35-,36-,37-,38+,39+/m1/s1. The van der Waals surface area contributed by atoms with E-state index in [2.05, 4.69) is 19.9 Å². The van der Waals surface area contributed by atoms with Gasteiger partial charge in [-0.2, -0.15) is 0 Å². The van der Waals surface area contributed by atoms with Gasteiger partial charge in [-0.15, -0.1) is 0 Å². The summed E-state index contributed by atoms with van der Waals surface area (Å²) in [5.74, 6) is 0.237. The van der Waals surface area contributed by atoms with Crippen molar-refractivity contribution in [3.05, 3.63) is 11.6 Å². The predicted octanol–water partition coefficient (Wildman–Crippen LogP) is 0.368. The van der Waals surface area contributed by atoms with Crippen LogP contribution >= 0.6 is 0 Å². The van der Waals surface area contributed by atoms with Gasteiger partial charge >= 0.3 is 0 Å². The predicted molar refractivity (Wildman–Crippen MR) is 187 cm³/mol. The van der Waals surface area contributed by atoms with Gasteiger partial charge in [0.2, 0.25) is 0 Å². The van der Waals surface area contributed by atoms with Crippen molar-refractivity contribution in [3.63, 3.8) is 0 Å². The highest BCUT2D eigenvalue weighted by atomic mass is 16.7. The van der Waals surface area contributed by atoms with E-state index in [0.717, 1.165) is 25.7 Å². The molecule has 0 aromatic rings. The molecule has 0 unspecified atom stereocenters. The van der Waals surface area contributed by atoms with Gasteiger partial charge in [0.15, 0.2) is 12.6 Å². The normalized spacial score (nSPS) is 48.3. The van der Waals surface area contributed by atoms with E-state index in [1.54, 1.807) is 0 Å². The number of carbonyl (C=O) groups is 2. The third kappa shape index (κ3) is 7.58. The minimum atomic E-state index is -1.52. The topological polar surface area (TPSA) is 233 Å². The van der Waals surface area contributed by atoms with Gasteiger partial charge < -0.3 is 59.8 Å². The van der Waals surface area contributed by atoms with E-state index >= 15 is 0 Å². The highest BCUT2D eigenvalue weighted by molar-refractivity contribution is 5.92. The lowest BCUT2D eigenvalue weighted by Crippen LogP contribution is -2.60. The molecule has 0 amide bonds. The number of carbonyl (C=O) groups excluding carboxylic acids is 2. The zero-order valence-corrected chi connectivity index (χ0v) is 31.4. The number of rotatable bonds is 12. The van der Waals surface area contributed by atoms with Crippen LogP contribution in [0.15, 0.2) is 11.6 Å². The quantitative estimate of drug-likeness (QED) is 0.126. The van der Waals surface area contributed by atoms with E-state index in [1.807, 2.05) is 13.8 Å². The second kappa shape index (κ2) is 16.2. The molecule has 4 aliphatic carbocycles. The van der Waals surface area contributed by atoms with Gasteiger partial charge in [-0.1, -0.05) is 39.3 Å². The Kier molecular flexibility index (Phi) is 12.6. The largest absolute Gasteiger partial charge is 0.394 e. The van der Waals surface area contributed by atoms with Crippen LogP contribution in [-0.4, -0.2) is 140 Å². The van der Waals surface area contributed by atoms with Crippen LogP contribution in [0, 0.1) is 46.3 Å². The SMILES string of the molecule is C[C@H](CCC(=O)[C@@H](C)[C@H]1C(=O)C[C@H]2[C@@H]3CC=C4C[C@@H](O[C@@H]5O[C@H](CO)[C@@H](O)[C@H](O)[C@H]5O)CC[C@]4(C)[C@H]3CC[C@]12C)CO[C@@H]1O[C@H](CO)[C@@H](O)[C@H](O)[C@H]1O. The molecule has 19 atom stereocenters. The number of allylic oxidation sites excluding steroid dienone is 1. The number of ether oxygens (including phenoxy) is 4. The first-order valence-electron chi connectivity index (χ1n) is 19.7. The van der Waals surface area contributed by atoms with Crippen LogP contribution in [0.3, 0.4) is 0 Å². The van der Waals surface area contributed by atoms with Crippen molar-refractivity contribution < 1.29 is 69.4 Å². The summed E-state index contributed by atoms with van der Waals surface area (Å²) < 4.78 is 22.9. The number of hydrogen-bond donors (Lipinski definition) is 8. The number of ketones is 2. The van der Waals surface area contributed by atoms with Gasteiger partial charge in [0.1, 0.15) is 60.4 Å². The molecule has 3 saturated carbocycles. The molecular weight excluding hydrogens is 692 g/mol. The molecule has 302 valence electrons. The third-order valence-corrected chi connectivity index (χ3v) is 14.4. The number of aliphatic hydroxyl groups excluding tert-OH is 8. The van der Waals surface area contributed by atoms with E-state index in [4.69, 9.17) is 18.9 Å². The van der Waals surface area contributed by atoms with E-state index in [1.165, 1.54) is 5.57 Å². The summed E-state index contributed by atoms with van der Waals surface area (Å²) in [4.78, 5) is 27.5. The molecule has 6 aliphatic rings. The van der Waals surface area contributed by atoms with Crippen LogP contribution in [-0.2, 0) is 28.5 Å². The molecule has 14 heteroatoms. The zero-order valence-electron chi connectivity index (χ0n) is 31.4. The Morgan fingerprint density at radius 1 is 0.849 bits per heavy atom. The van der Waals surface area contributed by atoms with Crippen LogP contribution in [0.25, 0.3) is 0 Å². The van der Waals surface area contributed by atoms with Gasteiger partial charge in [-0.05, 0) is 79.4 Å². The molecular formula is C39H62O14. The Morgan fingerprint density at radius 3 is 2.11 bits per heavy atom. The maximum Gasteiger partial charge on any atom is 0.186 e.